The first-order valence-corrected chi connectivity index (χ1v) is 7.06. The van der Waals surface area contributed by atoms with Gasteiger partial charge in [0, 0.05) is 12.9 Å². The first kappa shape index (κ1) is 10.7. The fourth-order valence-corrected chi connectivity index (χ4v) is 3.38. The monoisotopic (exact) mass is 240 g/mol. The van der Waals surface area contributed by atoms with Gasteiger partial charge in [0.25, 0.3) is 10.1 Å². The van der Waals surface area contributed by atoms with Crippen LogP contribution in [-0.4, -0.2) is 51.3 Å². The molecule has 0 bridgehead atoms. The Morgan fingerprint density at radius 3 is 2.64 bits per heavy atom. The van der Waals surface area contributed by atoms with E-state index in [0.717, 1.165) is 12.0 Å². The van der Waals surface area contributed by atoms with Gasteiger partial charge < -0.3 is 9.47 Å². The number of ether oxygens (including phenoxy) is 2. The minimum Gasteiger partial charge on any atom is -0.353 e. The van der Waals surface area contributed by atoms with Crippen LogP contribution >= 0.6 is 11.8 Å². The van der Waals surface area contributed by atoms with Gasteiger partial charge in [0.1, 0.15) is 6.10 Å². The van der Waals surface area contributed by atoms with Gasteiger partial charge in [-0.1, -0.05) is 0 Å². The summed E-state index contributed by atoms with van der Waals surface area (Å²) in [5.41, 5.74) is 0. The summed E-state index contributed by atoms with van der Waals surface area (Å²) < 4.78 is 37.4. The third-order valence-corrected chi connectivity index (χ3v) is 4.29. The summed E-state index contributed by atoms with van der Waals surface area (Å²) in [6.07, 6.45) is 0.0568. The molecule has 0 N–H and O–H groups in total. The van der Waals surface area contributed by atoms with Gasteiger partial charge in [0.05, 0.1) is 17.6 Å². The molecule has 5 nitrogen and oxygen atoms in total. The molecule has 0 aromatic carbocycles. The largest absolute Gasteiger partial charge is 0.353 e. The van der Waals surface area contributed by atoms with E-state index in [1.807, 2.05) is 0 Å². The number of rotatable bonds is 3. The first-order chi connectivity index (χ1) is 6.51. The van der Waals surface area contributed by atoms with Crippen LogP contribution in [0.4, 0.5) is 0 Å². The molecule has 0 unspecified atom stereocenters. The van der Waals surface area contributed by atoms with Gasteiger partial charge in [-0.2, -0.15) is 20.2 Å². The Morgan fingerprint density at radius 2 is 2.21 bits per heavy atom. The fraction of sp³-hybridized carbons (Fsp3) is 1.00. The summed E-state index contributed by atoms with van der Waals surface area (Å²) in [6, 6.07) is 0. The standard InChI is InChI=1S/C7H12O5S2/c1-10-7-5(12-14(2,8)9)6-4(11-7)3-13-6/h4-7H,3H2,1-2H3/t4-,5+,6+,7+/m0/s1. The summed E-state index contributed by atoms with van der Waals surface area (Å²) in [7, 11) is -1.96. The van der Waals surface area contributed by atoms with Gasteiger partial charge in [0.15, 0.2) is 6.29 Å². The van der Waals surface area contributed by atoms with Crippen molar-refractivity contribution in [3.05, 3.63) is 0 Å². The Balaban J connectivity index is 2.08. The molecule has 14 heavy (non-hydrogen) atoms. The normalized spacial score (nSPS) is 41.9. The van der Waals surface area contributed by atoms with Crippen molar-refractivity contribution in [1.29, 1.82) is 0 Å². The van der Waals surface area contributed by atoms with E-state index in [-0.39, 0.29) is 11.4 Å². The minimum absolute atomic E-state index is 0.0803. The predicted molar refractivity (Wildman–Crippen MR) is 51.6 cm³/mol. The van der Waals surface area contributed by atoms with Gasteiger partial charge in [-0.3, -0.25) is 4.18 Å². The van der Waals surface area contributed by atoms with E-state index in [9.17, 15) is 8.42 Å². The van der Waals surface area contributed by atoms with Gasteiger partial charge in [-0.15, -0.1) is 0 Å². The molecule has 0 aliphatic carbocycles. The number of thioether (sulfide) groups is 1. The van der Waals surface area contributed by atoms with E-state index in [4.69, 9.17) is 13.7 Å². The molecule has 2 aliphatic heterocycles. The van der Waals surface area contributed by atoms with E-state index in [0.29, 0.717) is 0 Å². The van der Waals surface area contributed by atoms with E-state index in [1.54, 1.807) is 11.8 Å². The Bertz CT molecular complexity index is 314. The molecule has 0 aromatic rings. The lowest BCUT2D eigenvalue weighted by molar-refractivity contribution is -0.138. The first-order valence-electron chi connectivity index (χ1n) is 4.19. The summed E-state index contributed by atoms with van der Waals surface area (Å²) in [5.74, 6) is 0.883. The SMILES string of the molecule is CO[C@@H]1O[C@H]2CS[C@H]2[C@H]1OS(C)(=O)=O. The molecule has 82 valence electrons. The molecule has 2 heterocycles. The third kappa shape index (κ3) is 1.92. The van der Waals surface area contributed by atoms with Crippen LogP contribution in [0.15, 0.2) is 0 Å². The molecule has 2 saturated heterocycles. The van der Waals surface area contributed by atoms with Crippen molar-refractivity contribution in [3.63, 3.8) is 0 Å². The Kier molecular flexibility index (Phi) is 2.78. The van der Waals surface area contributed by atoms with Crippen molar-refractivity contribution in [1.82, 2.24) is 0 Å². The van der Waals surface area contributed by atoms with Gasteiger partial charge in [-0.05, 0) is 0 Å². The molecule has 7 heteroatoms. The second kappa shape index (κ2) is 3.64. The second-order valence-corrected chi connectivity index (χ2v) is 6.15. The van der Waals surface area contributed by atoms with Gasteiger partial charge in [0.2, 0.25) is 0 Å². The molecule has 2 fully saturated rings. The van der Waals surface area contributed by atoms with Crippen LogP contribution in [0.2, 0.25) is 0 Å². The van der Waals surface area contributed by atoms with E-state index >= 15 is 0 Å². The summed E-state index contributed by atoms with van der Waals surface area (Å²) in [6.45, 7) is 0. The van der Waals surface area contributed by atoms with E-state index < -0.39 is 22.5 Å². The summed E-state index contributed by atoms with van der Waals surface area (Å²) >= 11 is 1.65. The highest BCUT2D eigenvalue weighted by Gasteiger charge is 2.52. The molecule has 2 aliphatic rings. The zero-order chi connectivity index (χ0) is 10.3. The highest BCUT2D eigenvalue weighted by atomic mass is 32.2. The van der Waals surface area contributed by atoms with Crippen LogP contribution in [0.25, 0.3) is 0 Å². The smallest absolute Gasteiger partial charge is 0.264 e. The second-order valence-electron chi connectivity index (χ2n) is 3.34. The molecule has 0 radical (unpaired) electrons. The van der Waals surface area contributed by atoms with Crippen LogP contribution < -0.4 is 0 Å². The highest BCUT2D eigenvalue weighted by molar-refractivity contribution is 8.01. The number of hydrogen-bond acceptors (Lipinski definition) is 6. The Labute approximate surface area is 87.2 Å². The summed E-state index contributed by atoms with van der Waals surface area (Å²) in [4.78, 5) is 0. The van der Waals surface area contributed by atoms with Crippen molar-refractivity contribution in [3.8, 4) is 0 Å². The molecule has 0 amide bonds. The molecule has 0 aromatic heterocycles. The fourth-order valence-electron chi connectivity index (χ4n) is 1.61. The molecule has 0 saturated carbocycles. The Hall–Kier alpha value is 0.180. The highest BCUT2D eigenvalue weighted by Crippen LogP contribution is 2.43. The number of methoxy groups -OCH3 is 1. The molecule has 2 rings (SSSR count). The van der Waals surface area contributed by atoms with Crippen molar-refractivity contribution >= 4 is 21.9 Å². The maximum absolute atomic E-state index is 11.0. The molecular formula is C7H12O5S2. The van der Waals surface area contributed by atoms with Crippen molar-refractivity contribution in [2.45, 2.75) is 23.7 Å². The van der Waals surface area contributed by atoms with E-state index in [2.05, 4.69) is 0 Å². The molecule has 0 spiro atoms. The topological polar surface area (TPSA) is 61.8 Å². The van der Waals surface area contributed by atoms with Crippen molar-refractivity contribution < 1.29 is 22.1 Å². The van der Waals surface area contributed by atoms with Gasteiger partial charge in [-0.25, -0.2) is 0 Å². The third-order valence-electron chi connectivity index (χ3n) is 2.24. The van der Waals surface area contributed by atoms with Crippen LogP contribution in [0, 0.1) is 0 Å². The van der Waals surface area contributed by atoms with Crippen LogP contribution in [0.5, 0.6) is 0 Å². The average Bonchev–Trinajstić information content (AvgIpc) is 2.20. The summed E-state index contributed by atoms with van der Waals surface area (Å²) in [5, 5.41) is 0.0923. The lowest BCUT2D eigenvalue weighted by Gasteiger charge is -2.29. The lowest BCUT2D eigenvalue weighted by Crippen LogP contribution is -2.41. The van der Waals surface area contributed by atoms with Crippen molar-refractivity contribution in [2.75, 3.05) is 19.1 Å². The maximum atomic E-state index is 11.0. The molecular weight excluding hydrogens is 228 g/mol. The van der Waals surface area contributed by atoms with Crippen LogP contribution in [-0.2, 0) is 23.8 Å². The zero-order valence-corrected chi connectivity index (χ0v) is 9.51. The number of fused-ring (bicyclic) bond motifs is 1. The lowest BCUT2D eigenvalue weighted by atomic mass is 10.2. The van der Waals surface area contributed by atoms with Gasteiger partial charge >= 0.3 is 0 Å². The Morgan fingerprint density at radius 1 is 1.50 bits per heavy atom. The van der Waals surface area contributed by atoms with Crippen molar-refractivity contribution in [2.24, 2.45) is 0 Å². The number of hydrogen-bond donors (Lipinski definition) is 0. The average molecular weight is 240 g/mol. The molecule has 4 atom stereocenters. The predicted octanol–water partition coefficient (Wildman–Crippen LogP) is -0.182. The van der Waals surface area contributed by atoms with Crippen LogP contribution in [0.1, 0.15) is 0 Å². The maximum Gasteiger partial charge on any atom is 0.264 e. The quantitative estimate of drug-likeness (QED) is 0.638. The van der Waals surface area contributed by atoms with Crippen LogP contribution in [0.3, 0.4) is 0 Å². The minimum atomic E-state index is -3.45. The zero-order valence-electron chi connectivity index (χ0n) is 7.87. The van der Waals surface area contributed by atoms with E-state index in [1.165, 1.54) is 7.11 Å².